The topological polar surface area (TPSA) is 57.4 Å². The van der Waals surface area contributed by atoms with E-state index in [1.807, 2.05) is 13.1 Å². The monoisotopic (exact) mass is 433 g/mol. The molecule has 1 aromatic carbocycles. The molecule has 1 saturated heterocycles. The van der Waals surface area contributed by atoms with Crippen molar-refractivity contribution in [2.75, 3.05) is 33.2 Å². The maximum absolute atomic E-state index is 9.95. The van der Waals surface area contributed by atoms with Gasteiger partial charge in [-0.2, -0.15) is 0 Å². The van der Waals surface area contributed by atoms with Crippen LogP contribution in [0, 0.1) is 6.92 Å². The molecule has 0 bridgehead atoms. The van der Waals surface area contributed by atoms with Crippen molar-refractivity contribution in [1.82, 2.24) is 24.3 Å². The van der Waals surface area contributed by atoms with Crippen LogP contribution in [0.5, 0.6) is 0 Å². The summed E-state index contributed by atoms with van der Waals surface area (Å²) in [7, 11) is 2.22. The van der Waals surface area contributed by atoms with E-state index in [2.05, 4.69) is 56.9 Å². The van der Waals surface area contributed by atoms with Gasteiger partial charge >= 0.3 is 0 Å². The number of rotatable bonds is 4. The molecule has 0 unspecified atom stereocenters. The van der Waals surface area contributed by atoms with Crippen LogP contribution in [-0.2, 0) is 6.54 Å². The number of aliphatic hydroxyl groups excluding tert-OH is 1. The predicted octanol–water partition coefficient (Wildman–Crippen LogP) is 4.02. The summed E-state index contributed by atoms with van der Waals surface area (Å²) in [6.07, 6.45) is 9.06. The second kappa shape index (κ2) is 9.30. The summed E-state index contributed by atoms with van der Waals surface area (Å²) in [6, 6.07) is 9.45. The largest absolute Gasteiger partial charge is 0.393 e. The second-order valence-electron chi connectivity index (χ2n) is 9.70. The molecule has 1 saturated carbocycles. The molecule has 3 heterocycles. The molecule has 0 atom stereocenters. The molecule has 170 valence electrons. The molecule has 2 aromatic heterocycles. The van der Waals surface area contributed by atoms with Crippen LogP contribution in [-0.4, -0.2) is 68.8 Å². The van der Waals surface area contributed by atoms with Crippen molar-refractivity contribution >= 4 is 11.0 Å². The molecule has 1 aliphatic heterocycles. The molecular formula is C26H35N5O. The lowest BCUT2D eigenvalue weighted by molar-refractivity contribution is 0.111. The molecule has 5 rings (SSSR count). The molecule has 1 aliphatic carbocycles. The van der Waals surface area contributed by atoms with Gasteiger partial charge in [0.2, 0.25) is 0 Å². The first-order valence-corrected chi connectivity index (χ1v) is 12.1. The van der Waals surface area contributed by atoms with Gasteiger partial charge in [0.25, 0.3) is 0 Å². The fourth-order valence-electron chi connectivity index (χ4n) is 5.27. The van der Waals surface area contributed by atoms with Crippen LogP contribution in [0.3, 0.4) is 0 Å². The zero-order chi connectivity index (χ0) is 22.1. The Kier molecular flexibility index (Phi) is 6.26. The molecule has 6 nitrogen and oxygen atoms in total. The highest BCUT2D eigenvalue weighted by Gasteiger charge is 2.24. The van der Waals surface area contributed by atoms with Crippen LogP contribution in [0.15, 0.2) is 36.7 Å². The van der Waals surface area contributed by atoms with Crippen molar-refractivity contribution in [1.29, 1.82) is 0 Å². The van der Waals surface area contributed by atoms with Crippen molar-refractivity contribution < 1.29 is 5.11 Å². The van der Waals surface area contributed by atoms with Gasteiger partial charge in [-0.05, 0) is 70.3 Å². The van der Waals surface area contributed by atoms with Crippen molar-refractivity contribution in [3.05, 3.63) is 48.0 Å². The number of aromatic nitrogens is 3. The minimum Gasteiger partial charge on any atom is -0.393 e. The minimum atomic E-state index is -0.152. The van der Waals surface area contributed by atoms with E-state index in [0.717, 1.165) is 62.2 Å². The lowest BCUT2D eigenvalue weighted by atomic mass is 9.93. The SMILES string of the molecule is Cc1ncc2c(-c3ccc(CN4CCCN(C)CC4)cc3)cn(C3CCC(O)CC3)c2n1. The standard InChI is InChI=1S/C26H35N5O/c1-19-27-16-24-25(18-31(26(24)28-19)22-8-10-23(32)11-9-22)21-6-4-20(5-7-21)17-30-13-3-12-29(2)14-15-30/h4-7,16,18,22-23,32H,3,8-15,17H2,1-2H3. The minimum absolute atomic E-state index is 0.152. The molecule has 32 heavy (non-hydrogen) atoms. The first-order valence-electron chi connectivity index (χ1n) is 12.1. The summed E-state index contributed by atoms with van der Waals surface area (Å²) in [6.45, 7) is 7.63. The summed E-state index contributed by atoms with van der Waals surface area (Å²) in [5.41, 5.74) is 4.81. The second-order valence-corrected chi connectivity index (χ2v) is 9.70. The number of hydrogen-bond acceptors (Lipinski definition) is 5. The number of benzene rings is 1. The lowest BCUT2D eigenvalue weighted by Gasteiger charge is -2.27. The third-order valence-corrected chi connectivity index (χ3v) is 7.23. The maximum Gasteiger partial charge on any atom is 0.144 e. The predicted molar refractivity (Wildman–Crippen MR) is 129 cm³/mol. The molecule has 6 heteroatoms. The quantitative estimate of drug-likeness (QED) is 0.673. The molecule has 0 spiro atoms. The van der Waals surface area contributed by atoms with Crippen LogP contribution in [0.4, 0.5) is 0 Å². The summed E-state index contributed by atoms with van der Waals surface area (Å²) in [4.78, 5) is 14.3. The first kappa shape index (κ1) is 21.6. The van der Waals surface area contributed by atoms with Crippen LogP contribution < -0.4 is 0 Å². The van der Waals surface area contributed by atoms with E-state index in [4.69, 9.17) is 4.98 Å². The van der Waals surface area contributed by atoms with Gasteiger partial charge < -0.3 is 14.6 Å². The molecule has 0 radical (unpaired) electrons. The normalized spacial score (nSPS) is 23.5. The van der Waals surface area contributed by atoms with Crippen LogP contribution in [0.2, 0.25) is 0 Å². The number of likely N-dealkylation sites (N-methyl/N-ethyl adjacent to an activating group) is 1. The van der Waals surface area contributed by atoms with E-state index in [1.54, 1.807) is 0 Å². The van der Waals surface area contributed by atoms with Gasteiger partial charge in [0, 0.05) is 49.0 Å². The number of hydrogen-bond donors (Lipinski definition) is 1. The van der Waals surface area contributed by atoms with E-state index >= 15 is 0 Å². The highest BCUT2D eigenvalue weighted by Crippen LogP contribution is 2.36. The average Bonchev–Trinajstić information content (AvgIpc) is 3.04. The molecule has 3 aromatic rings. The number of nitrogens with zero attached hydrogens (tertiary/aromatic N) is 5. The Labute approximate surface area is 190 Å². The summed E-state index contributed by atoms with van der Waals surface area (Å²) in [5, 5.41) is 11.1. The molecule has 0 amide bonds. The van der Waals surface area contributed by atoms with Crippen LogP contribution in [0.25, 0.3) is 22.2 Å². The Morgan fingerprint density at radius 2 is 1.78 bits per heavy atom. The Hall–Kier alpha value is -2.28. The highest BCUT2D eigenvalue weighted by atomic mass is 16.3. The number of aliphatic hydroxyl groups is 1. The fourth-order valence-corrected chi connectivity index (χ4v) is 5.27. The average molecular weight is 434 g/mol. The van der Waals surface area contributed by atoms with E-state index in [0.29, 0.717) is 6.04 Å². The van der Waals surface area contributed by atoms with Gasteiger partial charge in [-0.3, -0.25) is 4.90 Å². The van der Waals surface area contributed by atoms with Crippen molar-refractivity contribution in [2.45, 2.75) is 57.7 Å². The summed E-state index contributed by atoms with van der Waals surface area (Å²) >= 11 is 0. The lowest BCUT2D eigenvalue weighted by Crippen LogP contribution is -2.28. The molecule has 2 aliphatic rings. The van der Waals surface area contributed by atoms with Crippen molar-refractivity contribution in [3.63, 3.8) is 0 Å². The van der Waals surface area contributed by atoms with E-state index in [1.165, 1.54) is 36.2 Å². The van der Waals surface area contributed by atoms with E-state index in [-0.39, 0.29) is 6.10 Å². The summed E-state index contributed by atoms with van der Waals surface area (Å²) < 4.78 is 2.34. The molecule has 1 N–H and O–H groups in total. The van der Waals surface area contributed by atoms with Gasteiger partial charge in [-0.25, -0.2) is 9.97 Å². The van der Waals surface area contributed by atoms with Crippen LogP contribution in [0.1, 0.15) is 49.5 Å². The van der Waals surface area contributed by atoms with Gasteiger partial charge in [0.15, 0.2) is 0 Å². The first-order chi connectivity index (χ1) is 15.6. The van der Waals surface area contributed by atoms with Crippen molar-refractivity contribution in [2.24, 2.45) is 0 Å². The Bertz CT molecular complexity index is 1050. The van der Waals surface area contributed by atoms with Gasteiger partial charge in [-0.15, -0.1) is 0 Å². The Morgan fingerprint density at radius 1 is 1.00 bits per heavy atom. The Morgan fingerprint density at radius 3 is 2.56 bits per heavy atom. The number of fused-ring (bicyclic) bond motifs is 1. The van der Waals surface area contributed by atoms with E-state index in [9.17, 15) is 5.11 Å². The fraction of sp³-hybridized carbons (Fsp3) is 0.538. The molecular weight excluding hydrogens is 398 g/mol. The summed E-state index contributed by atoms with van der Waals surface area (Å²) in [5.74, 6) is 0.803. The van der Waals surface area contributed by atoms with E-state index < -0.39 is 0 Å². The molecule has 2 fully saturated rings. The smallest absolute Gasteiger partial charge is 0.144 e. The Balaban J connectivity index is 1.40. The van der Waals surface area contributed by atoms with Gasteiger partial charge in [0.05, 0.1) is 6.10 Å². The third kappa shape index (κ3) is 4.58. The zero-order valence-electron chi connectivity index (χ0n) is 19.4. The van der Waals surface area contributed by atoms with Gasteiger partial charge in [0.1, 0.15) is 11.5 Å². The highest BCUT2D eigenvalue weighted by molar-refractivity contribution is 5.93. The number of aryl methyl sites for hydroxylation is 1. The van der Waals surface area contributed by atoms with Crippen LogP contribution >= 0.6 is 0 Å². The maximum atomic E-state index is 9.95. The zero-order valence-corrected chi connectivity index (χ0v) is 19.4. The van der Waals surface area contributed by atoms with Crippen molar-refractivity contribution in [3.8, 4) is 11.1 Å². The third-order valence-electron chi connectivity index (χ3n) is 7.23. The van der Waals surface area contributed by atoms with Gasteiger partial charge in [-0.1, -0.05) is 24.3 Å².